The van der Waals surface area contributed by atoms with E-state index in [1.165, 1.54) is 0 Å². The van der Waals surface area contributed by atoms with E-state index < -0.39 is 0 Å². The fraction of sp³-hybridized carbons (Fsp3) is 0.579. The van der Waals surface area contributed by atoms with E-state index in [9.17, 15) is 4.79 Å². The Hall–Kier alpha value is -1.66. The maximum absolute atomic E-state index is 12.0. The van der Waals surface area contributed by atoms with E-state index in [-0.39, 0.29) is 12.5 Å². The summed E-state index contributed by atoms with van der Waals surface area (Å²) in [5.41, 5.74) is 1.04. The minimum Gasteiger partial charge on any atom is -0.484 e. The number of rotatable bonds is 5. The van der Waals surface area contributed by atoms with Gasteiger partial charge in [0.25, 0.3) is 5.91 Å². The molecule has 0 atom stereocenters. The third-order valence-electron chi connectivity index (χ3n) is 5.03. The zero-order valence-electron chi connectivity index (χ0n) is 14.9. The number of thiocarbonyl (C=S) groups is 1. The average Bonchev–Trinajstić information content (AvgIpc) is 3.21. The maximum atomic E-state index is 12.0. The highest BCUT2D eigenvalue weighted by atomic mass is 32.1. The number of likely N-dealkylation sites (N-methyl/N-ethyl adjacent to an activating group) is 1. The lowest BCUT2D eigenvalue weighted by atomic mass is 10.2. The zero-order chi connectivity index (χ0) is 17.6. The second kappa shape index (κ2) is 8.63. The molecule has 136 valence electrons. The summed E-state index contributed by atoms with van der Waals surface area (Å²) in [6.45, 7) is 9.23. The Kier molecular flexibility index (Phi) is 6.26. The average molecular weight is 362 g/mol. The Labute approximate surface area is 155 Å². The van der Waals surface area contributed by atoms with Gasteiger partial charge in [-0.3, -0.25) is 4.79 Å². The molecule has 25 heavy (non-hydrogen) atoms. The van der Waals surface area contributed by atoms with Crippen molar-refractivity contribution in [1.29, 1.82) is 0 Å². The SMILES string of the molecule is CCN1CCN(C(=S)c2ccc(OCC(=O)N3CCCC3)cc2)CC1. The minimum absolute atomic E-state index is 0.0749. The lowest BCUT2D eigenvalue weighted by Gasteiger charge is -2.35. The van der Waals surface area contributed by atoms with Crippen molar-refractivity contribution >= 4 is 23.1 Å². The van der Waals surface area contributed by atoms with Crippen molar-refractivity contribution in [3.8, 4) is 5.75 Å². The smallest absolute Gasteiger partial charge is 0.260 e. The molecule has 5 nitrogen and oxygen atoms in total. The third kappa shape index (κ3) is 4.70. The van der Waals surface area contributed by atoms with E-state index >= 15 is 0 Å². The minimum atomic E-state index is 0.0749. The molecule has 2 fully saturated rings. The molecule has 1 aromatic rings. The van der Waals surface area contributed by atoms with Crippen LogP contribution < -0.4 is 4.74 Å². The van der Waals surface area contributed by atoms with Crippen molar-refractivity contribution in [1.82, 2.24) is 14.7 Å². The van der Waals surface area contributed by atoms with Gasteiger partial charge in [-0.2, -0.15) is 0 Å². The van der Waals surface area contributed by atoms with Crippen molar-refractivity contribution < 1.29 is 9.53 Å². The lowest BCUT2D eigenvalue weighted by molar-refractivity contribution is -0.132. The molecule has 0 unspecified atom stereocenters. The molecular weight excluding hydrogens is 334 g/mol. The highest BCUT2D eigenvalue weighted by molar-refractivity contribution is 7.80. The molecule has 2 saturated heterocycles. The van der Waals surface area contributed by atoms with Gasteiger partial charge in [0.2, 0.25) is 0 Å². The Morgan fingerprint density at radius 3 is 2.24 bits per heavy atom. The number of carbonyl (C=O) groups excluding carboxylic acids is 1. The number of likely N-dealkylation sites (tertiary alicyclic amines) is 1. The van der Waals surface area contributed by atoms with E-state index in [2.05, 4.69) is 16.7 Å². The summed E-state index contributed by atoms with van der Waals surface area (Å²) in [5.74, 6) is 0.792. The van der Waals surface area contributed by atoms with Gasteiger partial charge >= 0.3 is 0 Å². The molecule has 2 heterocycles. The Balaban J connectivity index is 1.49. The topological polar surface area (TPSA) is 36.0 Å². The van der Waals surface area contributed by atoms with Crippen LogP contribution in [-0.2, 0) is 4.79 Å². The largest absolute Gasteiger partial charge is 0.484 e. The van der Waals surface area contributed by atoms with E-state index in [0.717, 1.165) is 75.0 Å². The van der Waals surface area contributed by atoms with Crippen molar-refractivity contribution in [2.24, 2.45) is 0 Å². The number of benzene rings is 1. The fourth-order valence-electron chi connectivity index (χ4n) is 3.35. The molecule has 1 amide bonds. The molecule has 0 radical (unpaired) electrons. The highest BCUT2D eigenvalue weighted by Crippen LogP contribution is 2.16. The molecule has 1 aromatic carbocycles. The van der Waals surface area contributed by atoms with Crippen molar-refractivity contribution in [2.75, 3.05) is 52.4 Å². The predicted molar refractivity (Wildman–Crippen MR) is 103 cm³/mol. The standard InChI is InChI=1S/C19H27N3O2S/c1-2-20-11-13-22(14-12-20)19(25)16-5-7-17(8-6-16)24-15-18(23)21-9-3-4-10-21/h5-8H,2-4,9-15H2,1H3. The first-order valence-corrected chi connectivity index (χ1v) is 9.60. The van der Waals surface area contributed by atoms with Crippen molar-refractivity contribution in [2.45, 2.75) is 19.8 Å². The van der Waals surface area contributed by atoms with Gasteiger partial charge in [-0.25, -0.2) is 0 Å². The van der Waals surface area contributed by atoms with Crippen LogP contribution in [0, 0.1) is 0 Å². The van der Waals surface area contributed by atoms with E-state index in [0.29, 0.717) is 0 Å². The van der Waals surface area contributed by atoms with Gasteiger partial charge in [-0.15, -0.1) is 0 Å². The van der Waals surface area contributed by atoms with Gasteiger partial charge in [-0.1, -0.05) is 19.1 Å². The highest BCUT2D eigenvalue weighted by Gasteiger charge is 2.19. The summed E-state index contributed by atoms with van der Waals surface area (Å²) < 4.78 is 5.63. The van der Waals surface area contributed by atoms with Gasteiger partial charge < -0.3 is 19.4 Å². The normalized spacial score (nSPS) is 18.4. The second-order valence-electron chi connectivity index (χ2n) is 6.63. The van der Waals surface area contributed by atoms with Crippen LogP contribution in [0.5, 0.6) is 5.75 Å². The monoisotopic (exact) mass is 361 g/mol. The number of piperazine rings is 1. The fourth-order valence-corrected chi connectivity index (χ4v) is 3.67. The molecule has 0 spiro atoms. The summed E-state index contributed by atoms with van der Waals surface area (Å²) in [4.78, 5) is 19.5. The van der Waals surface area contributed by atoms with Crippen molar-refractivity contribution in [3.63, 3.8) is 0 Å². The predicted octanol–water partition coefficient (Wildman–Crippen LogP) is 2.00. The first-order valence-electron chi connectivity index (χ1n) is 9.19. The lowest BCUT2D eigenvalue weighted by Crippen LogP contribution is -2.48. The van der Waals surface area contributed by atoms with Crippen LogP contribution >= 0.6 is 12.2 Å². The van der Waals surface area contributed by atoms with Gasteiger partial charge in [0, 0.05) is 44.8 Å². The van der Waals surface area contributed by atoms with E-state index in [1.807, 2.05) is 29.2 Å². The maximum Gasteiger partial charge on any atom is 0.260 e. The molecule has 0 N–H and O–H groups in total. The summed E-state index contributed by atoms with van der Waals surface area (Å²) in [5, 5.41) is 0. The van der Waals surface area contributed by atoms with Crippen LogP contribution in [0.15, 0.2) is 24.3 Å². The Morgan fingerprint density at radius 2 is 1.64 bits per heavy atom. The molecular formula is C19H27N3O2S. The Bertz CT molecular complexity index is 591. The Morgan fingerprint density at radius 1 is 1.00 bits per heavy atom. The first kappa shape index (κ1) is 18.1. The van der Waals surface area contributed by atoms with Gasteiger partial charge in [0.15, 0.2) is 6.61 Å². The number of hydrogen-bond donors (Lipinski definition) is 0. The quantitative estimate of drug-likeness (QED) is 0.750. The van der Waals surface area contributed by atoms with Crippen LogP contribution in [-0.4, -0.2) is 78.0 Å². The molecule has 6 heteroatoms. The van der Waals surface area contributed by atoms with Crippen LogP contribution in [0.1, 0.15) is 25.3 Å². The molecule has 0 aliphatic carbocycles. The van der Waals surface area contributed by atoms with Crippen LogP contribution in [0.4, 0.5) is 0 Å². The molecule has 2 aliphatic rings. The number of amides is 1. The van der Waals surface area contributed by atoms with Gasteiger partial charge in [0.05, 0.1) is 0 Å². The van der Waals surface area contributed by atoms with Crippen LogP contribution in [0.2, 0.25) is 0 Å². The summed E-state index contributed by atoms with van der Waals surface area (Å²) >= 11 is 5.64. The third-order valence-corrected chi connectivity index (χ3v) is 5.52. The summed E-state index contributed by atoms with van der Waals surface area (Å²) in [6.07, 6.45) is 2.20. The van der Waals surface area contributed by atoms with E-state index in [4.69, 9.17) is 17.0 Å². The summed E-state index contributed by atoms with van der Waals surface area (Å²) in [7, 11) is 0. The van der Waals surface area contributed by atoms with Crippen molar-refractivity contribution in [3.05, 3.63) is 29.8 Å². The van der Waals surface area contributed by atoms with Crippen LogP contribution in [0.3, 0.4) is 0 Å². The van der Waals surface area contributed by atoms with Gasteiger partial charge in [0.1, 0.15) is 10.7 Å². The summed E-state index contributed by atoms with van der Waals surface area (Å²) in [6, 6.07) is 7.79. The molecule has 0 bridgehead atoms. The number of nitrogens with zero attached hydrogens (tertiary/aromatic N) is 3. The van der Waals surface area contributed by atoms with Crippen LogP contribution in [0.25, 0.3) is 0 Å². The molecule has 0 aromatic heterocycles. The van der Waals surface area contributed by atoms with E-state index in [1.54, 1.807) is 0 Å². The molecule has 2 aliphatic heterocycles. The number of carbonyl (C=O) groups is 1. The first-order chi connectivity index (χ1) is 12.2. The number of ether oxygens (including phenoxy) is 1. The van der Waals surface area contributed by atoms with Gasteiger partial charge in [-0.05, 0) is 43.7 Å². The molecule has 0 saturated carbocycles. The molecule has 3 rings (SSSR count). The zero-order valence-corrected chi connectivity index (χ0v) is 15.8. The number of hydrogen-bond acceptors (Lipinski definition) is 4. The second-order valence-corrected chi connectivity index (χ2v) is 7.01.